The number of hydrogen-bond acceptors (Lipinski definition) is 5. The molecule has 2 amide bonds. The lowest BCUT2D eigenvalue weighted by atomic mass is 9.97. The van der Waals surface area contributed by atoms with Crippen LogP contribution in [0.2, 0.25) is 0 Å². The van der Waals surface area contributed by atoms with Gasteiger partial charge in [0, 0.05) is 32.1 Å². The van der Waals surface area contributed by atoms with Crippen molar-refractivity contribution in [3.63, 3.8) is 0 Å². The van der Waals surface area contributed by atoms with E-state index < -0.39 is 0 Å². The van der Waals surface area contributed by atoms with Crippen molar-refractivity contribution in [3.8, 4) is 0 Å². The van der Waals surface area contributed by atoms with E-state index in [9.17, 15) is 9.59 Å². The third kappa shape index (κ3) is 3.73. The third-order valence-electron chi connectivity index (χ3n) is 5.65. The Hall–Kier alpha value is -1.93. The number of carbonyl (C=O) groups is 2. The Morgan fingerprint density at radius 1 is 1.37 bits per heavy atom. The lowest BCUT2D eigenvalue weighted by Gasteiger charge is -2.32. The van der Waals surface area contributed by atoms with Gasteiger partial charge in [-0.15, -0.1) is 11.3 Å². The summed E-state index contributed by atoms with van der Waals surface area (Å²) in [4.78, 5) is 29.0. The van der Waals surface area contributed by atoms with Gasteiger partial charge in [0.15, 0.2) is 0 Å². The van der Waals surface area contributed by atoms with E-state index in [1.165, 1.54) is 11.3 Å². The summed E-state index contributed by atoms with van der Waals surface area (Å²) in [6.07, 6.45) is 4.02. The molecule has 0 spiro atoms. The van der Waals surface area contributed by atoms with Crippen LogP contribution in [0.3, 0.4) is 0 Å². The van der Waals surface area contributed by atoms with Gasteiger partial charge in [-0.3, -0.25) is 14.3 Å². The van der Waals surface area contributed by atoms with Gasteiger partial charge in [-0.25, -0.2) is 0 Å². The van der Waals surface area contributed by atoms with E-state index in [1.807, 2.05) is 29.6 Å². The van der Waals surface area contributed by atoms with E-state index >= 15 is 0 Å². The number of carbonyl (C=O) groups excluding carboxylic acids is 2. The van der Waals surface area contributed by atoms with Crippen molar-refractivity contribution in [2.24, 2.45) is 13.0 Å². The maximum Gasteiger partial charge on any atom is 0.264 e. The highest BCUT2D eigenvalue weighted by atomic mass is 32.1. The van der Waals surface area contributed by atoms with E-state index in [4.69, 9.17) is 0 Å². The number of rotatable bonds is 4. The molecular weight excluding hydrogens is 362 g/mol. The molecule has 2 N–H and O–H groups in total. The topological polar surface area (TPSA) is 79.3 Å². The van der Waals surface area contributed by atoms with Gasteiger partial charge < -0.3 is 15.5 Å². The Morgan fingerprint density at radius 3 is 2.96 bits per heavy atom. The van der Waals surface area contributed by atoms with Crippen molar-refractivity contribution in [3.05, 3.63) is 16.6 Å². The number of aryl methyl sites for hydroxylation is 2. The molecule has 4 rings (SSSR count). The Morgan fingerprint density at radius 2 is 2.22 bits per heavy atom. The van der Waals surface area contributed by atoms with Crippen molar-refractivity contribution in [1.82, 2.24) is 25.3 Å². The number of likely N-dealkylation sites (tertiary alicyclic amines) is 1. The molecule has 2 unspecified atom stereocenters. The molecule has 2 aromatic rings. The summed E-state index contributed by atoms with van der Waals surface area (Å²) < 4.78 is 1.84. The number of piperidine rings is 1. The first kappa shape index (κ1) is 18.4. The molecule has 0 saturated carbocycles. The molecule has 27 heavy (non-hydrogen) atoms. The Labute approximate surface area is 163 Å². The number of nitrogens with one attached hydrogen (secondary N) is 2. The second-order valence-corrected chi connectivity index (χ2v) is 8.72. The molecule has 146 valence electrons. The number of hydrogen-bond donors (Lipinski definition) is 2. The van der Waals surface area contributed by atoms with Crippen LogP contribution >= 0.6 is 11.3 Å². The van der Waals surface area contributed by atoms with Crippen molar-refractivity contribution in [2.75, 3.05) is 26.2 Å². The smallest absolute Gasteiger partial charge is 0.264 e. The summed E-state index contributed by atoms with van der Waals surface area (Å²) >= 11 is 1.51. The molecule has 2 saturated heterocycles. The van der Waals surface area contributed by atoms with Crippen LogP contribution in [0.4, 0.5) is 0 Å². The average Bonchev–Trinajstić information content (AvgIpc) is 3.39. The molecule has 0 aromatic carbocycles. The van der Waals surface area contributed by atoms with Gasteiger partial charge in [0.1, 0.15) is 4.83 Å². The SMILES string of the molecule is Cc1nn(C)c2sc(C(=O)N3CCCC(CNC(=O)C4CCCN4)C3)cc12. The minimum atomic E-state index is -0.0401. The molecular formula is C19H27N5O2S. The molecule has 0 radical (unpaired) electrons. The summed E-state index contributed by atoms with van der Waals surface area (Å²) in [5.41, 5.74) is 0.961. The Balaban J connectivity index is 1.37. The molecule has 4 heterocycles. The van der Waals surface area contributed by atoms with Gasteiger partial charge >= 0.3 is 0 Å². The summed E-state index contributed by atoms with van der Waals surface area (Å²) in [5, 5.41) is 11.8. The van der Waals surface area contributed by atoms with Gasteiger partial charge in [0.2, 0.25) is 5.91 Å². The highest BCUT2D eigenvalue weighted by Crippen LogP contribution is 2.29. The standard InChI is InChI=1S/C19H27N5O2S/c1-12-14-9-16(27-19(14)23(2)22-12)18(26)24-8-4-5-13(11-24)10-21-17(25)15-6-3-7-20-15/h9,13,15,20H,3-8,10-11H2,1-2H3,(H,21,25). The number of amides is 2. The maximum absolute atomic E-state index is 13.0. The maximum atomic E-state index is 13.0. The van der Waals surface area contributed by atoms with Crippen LogP contribution in [-0.4, -0.2) is 58.7 Å². The quantitative estimate of drug-likeness (QED) is 0.834. The second kappa shape index (κ2) is 7.59. The number of fused-ring (bicyclic) bond motifs is 1. The Kier molecular flexibility index (Phi) is 5.19. The highest BCUT2D eigenvalue weighted by Gasteiger charge is 2.28. The van der Waals surface area contributed by atoms with Crippen molar-refractivity contribution in [2.45, 2.75) is 38.6 Å². The summed E-state index contributed by atoms with van der Waals surface area (Å²) in [7, 11) is 1.92. The van der Waals surface area contributed by atoms with Crippen LogP contribution in [0.15, 0.2) is 6.07 Å². The molecule has 2 atom stereocenters. The minimum absolute atomic E-state index is 0.0401. The van der Waals surface area contributed by atoms with E-state index in [-0.39, 0.29) is 17.9 Å². The number of aromatic nitrogens is 2. The van der Waals surface area contributed by atoms with E-state index in [1.54, 1.807) is 0 Å². The monoisotopic (exact) mass is 389 g/mol. The molecule has 2 aliphatic rings. The summed E-state index contributed by atoms with van der Waals surface area (Å²) in [6, 6.07) is 1.93. The largest absolute Gasteiger partial charge is 0.354 e. The lowest BCUT2D eigenvalue weighted by Crippen LogP contribution is -2.46. The fourth-order valence-corrected chi connectivity index (χ4v) is 5.25. The zero-order chi connectivity index (χ0) is 19.0. The fraction of sp³-hybridized carbons (Fsp3) is 0.632. The van der Waals surface area contributed by atoms with E-state index in [0.717, 1.165) is 59.6 Å². The van der Waals surface area contributed by atoms with Crippen LogP contribution in [-0.2, 0) is 11.8 Å². The minimum Gasteiger partial charge on any atom is -0.354 e. The number of nitrogens with zero attached hydrogens (tertiary/aromatic N) is 3. The predicted octanol–water partition coefficient (Wildman–Crippen LogP) is 1.66. The van der Waals surface area contributed by atoms with Crippen LogP contribution in [0.25, 0.3) is 10.2 Å². The van der Waals surface area contributed by atoms with Gasteiger partial charge in [0.05, 0.1) is 16.6 Å². The average molecular weight is 390 g/mol. The van der Waals surface area contributed by atoms with Crippen molar-refractivity contribution < 1.29 is 9.59 Å². The normalized spacial score (nSPS) is 23.1. The first-order chi connectivity index (χ1) is 13.0. The first-order valence-electron chi connectivity index (χ1n) is 9.76. The zero-order valence-corrected chi connectivity index (χ0v) is 16.8. The van der Waals surface area contributed by atoms with E-state index in [2.05, 4.69) is 15.7 Å². The fourth-order valence-electron chi connectivity index (χ4n) is 4.16. The van der Waals surface area contributed by atoms with Crippen LogP contribution in [0, 0.1) is 12.8 Å². The first-order valence-corrected chi connectivity index (χ1v) is 10.6. The molecule has 7 nitrogen and oxygen atoms in total. The zero-order valence-electron chi connectivity index (χ0n) is 16.0. The van der Waals surface area contributed by atoms with Gasteiger partial charge in [-0.1, -0.05) is 0 Å². The van der Waals surface area contributed by atoms with Crippen molar-refractivity contribution >= 4 is 33.4 Å². The third-order valence-corrected chi connectivity index (χ3v) is 6.84. The lowest BCUT2D eigenvalue weighted by molar-refractivity contribution is -0.123. The van der Waals surface area contributed by atoms with Crippen LogP contribution in [0.5, 0.6) is 0 Å². The number of thiophene rings is 1. The van der Waals surface area contributed by atoms with Crippen molar-refractivity contribution in [1.29, 1.82) is 0 Å². The van der Waals surface area contributed by atoms with Gasteiger partial charge in [-0.2, -0.15) is 5.10 Å². The van der Waals surface area contributed by atoms with E-state index in [0.29, 0.717) is 19.0 Å². The Bertz CT molecular complexity index is 817. The van der Waals surface area contributed by atoms with Crippen LogP contribution in [0.1, 0.15) is 41.0 Å². The van der Waals surface area contributed by atoms with Crippen LogP contribution < -0.4 is 10.6 Å². The molecule has 0 bridgehead atoms. The molecule has 2 fully saturated rings. The summed E-state index contributed by atoms with van der Waals surface area (Å²) in [6.45, 7) is 5.05. The molecule has 0 aliphatic carbocycles. The summed E-state index contributed by atoms with van der Waals surface area (Å²) in [5.74, 6) is 0.526. The molecule has 2 aliphatic heterocycles. The predicted molar refractivity (Wildman–Crippen MR) is 106 cm³/mol. The van der Waals surface area contributed by atoms with Gasteiger partial charge in [-0.05, 0) is 51.1 Å². The second-order valence-electron chi connectivity index (χ2n) is 7.69. The van der Waals surface area contributed by atoms with Gasteiger partial charge in [0.25, 0.3) is 5.91 Å². The molecule has 8 heteroatoms. The highest BCUT2D eigenvalue weighted by molar-refractivity contribution is 7.20. The molecule has 2 aromatic heterocycles.